The molecule has 0 radical (unpaired) electrons. The van der Waals surface area contributed by atoms with E-state index in [1.807, 2.05) is 65.0 Å². The first kappa shape index (κ1) is 33.9. The normalized spacial score (nSPS) is 11.0. The number of nitrogens with zero attached hydrogens (tertiary/aromatic N) is 2. The minimum Gasteiger partial charge on any atom is -0.467 e. The van der Waals surface area contributed by atoms with Crippen LogP contribution in [0, 0.1) is 13.8 Å². The van der Waals surface area contributed by atoms with E-state index in [0.717, 1.165) is 58.4 Å². The molecule has 4 aromatic rings. The van der Waals surface area contributed by atoms with Crippen LogP contribution in [0.15, 0.2) is 90.2 Å². The Morgan fingerprint density at radius 3 is 2.23 bits per heavy atom. The molecule has 2 aromatic heterocycles. The Hall–Kier alpha value is -4.58. The zero-order valence-electron chi connectivity index (χ0n) is 27.4. The van der Waals surface area contributed by atoms with Gasteiger partial charge in [0, 0.05) is 47.4 Å². The summed E-state index contributed by atoms with van der Waals surface area (Å²) in [4.78, 5) is 34.4. The second kappa shape index (κ2) is 16.3. The first-order valence-corrected chi connectivity index (χ1v) is 15.3. The minimum absolute atomic E-state index is 0.109. The summed E-state index contributed by atoms with van der Waals surface area (Å²) in [5.41, 5.74) is 7.54. The minimum atomic E-state index is -0.222. The summed E-state index contributed by atoms with van der Waals surface area (Å²) in [6, 6.07) is 16.7. The summed E-state index contributed by atoms with van der Waals surface area (Å²) in [7, 11) is 0. The molecule has 0 saturated carbocycles. The van der Waals surface area contributed by atoms with Gasteiger partial charge in [0.05, 0.1) is 22.5 Å². The van der Waals surface area contributed by atoms with Gasteiger partial charge in [0.2, 0.25) is 0 Å². The average Bonchev–Trinajstić information content (AvgIpc) is 3.01. The van der Waals surface area contributed by atoms with Crippen molar-refractivity contribution >= 4 is 28.3 Å². The monoisotopic (exact) mass is 591 g/mol. The molecule has 0 atom stereocenters. The Balaban J connectivity index is 0.000000375. The van der Waals surface area contributed by atoms with Gasteiger partial charge < -0.3 is 10.1 Å². The number of ketones is 1. The van der Waals surface area contributed by atoms with E-state index in [-0.39, 0.29) is 11.7 Å². The van der Waals surface area contributed by atoms with E-state index in [4.69, 9.17) is 9.72 Å². The smallest absolute Gasteiger partial charge is 0.256 e. The van der Waals surface area contributed by atoms with Gasteiger partial charge in [-0.15, -0.1) is 0 Å². The largest absolute Gasteiger partial charge is 0.467 e. The van der Waals surface area contributed by atoms with Gasteiger partial charge in [-0.25, -0.2) is 4.98 Å². The fraction of sp³-hybridized carbons (Fsp3) is 0.316. The molecule has 1 amide bonds. The van der Waals surface area contributed by atoms with Gasteiger partial charge in [-0.3, -0.25) is 14.6 Å². The van der Waals surface area contributed by atoms with E-state index in [2.05, 4.69) is 37.1 Å². The summed E-state index contributed by atoms with van der Waals surface area (Å²) >= 11 is 0. The lowest BCUT2D eigenvalue weighted by atomic mass is 9.99. The number of pyridine rings is 2. The summed E-state index contributed by atoms with van der Waals surface area (Å²) in [6.45, 7) is 16.3. The average molecular weight is 592 g/mol. The van der Waals surface area contributed by atoms with Gasteiger partial charge in [0.1, 0.15) is 5.76 Å². The number of carbonyl (C=O) groups excluding carboxylic acids is 2. The molecule has 2 heterocycles. The quantitative estimate of drug-likeness (QED) is 0.147. The molecule has 6 nitrogen and oxygen atoms in total. The Labute approximate surface area is 262 Å². The lowest BCUT2D eigenvalue weighted by molar-refractivity contribution is 0.0980. The number of carbonyl (C=O) groups is 2. The van der Waals surface area contributed by atoms with Gasteiger partial charge in [0.15, 0.2) is 5.78 Å². The number of rotatable bonds is 10. The molecular formula is C38H45N3O3. The van der Waals surface area contributed by atoms with Gasteiger partial charge in [-0.05, 0) is 120 Å². The first-order valence-electron chi connectivity index (χ1n) is 15.3. The summed E-state index contributed by atoms with van der Waals surface area (Å²) < 4.78 is 5.64. The molecular weight excluding hydrogens is 546 g/mol. The van der Waals surface area contributed by atoms with Crippen LogP contribution in [0.1, 0.15) is 99.1 Å². The van der Waals surface area contributed by atoms with E-state index >= 15 is 0 Å². The highest BCUT2D eigenvalue weighted by molar-refractivity contribution is 6.13. The van der Waals surface area contributed by atoms with E-state index < -0.39 is 0 Å². The predicted octanol–water partition coefficient (Wildman–Crippen LogP) is 10.2. The van der Waals surface area contributed by atoms with Gasteiger partial charge in [-0.2, -0.15) is 0 Å². The zero-order chi connectivity index (χ0) is 32.2. The van der Waals surface area contributed by atoms with E-state index in [9.17, 15) is 9.59 Å². The number of Topliss-reactive ketones (excluding diaryl/α,β-unsaturated/α-hetero) is 1. The van der Waals surface area contributed by atoms with E-state index in [1.165, 1.54) is 5.57 Å². The highest BCUT2D eigenvalue weighted by Gasteiger charge is 2.16. The Bertz CT molecular complexity index is 1650. The fourth-order valence-corrected chi connectivity index (χ4v) is 4.72. The second-order valence-corrected chi connectivity index (χ2v) is 11.2. The van der Waals surface area contributed by atoms with Crippen molar-refractivity contribution in [1.82, 2.24) is 9.97 Å². The van der Waals surface area contributed by atoms with Crippen molar-refractivity contribution in [3.63, 3.8) is 0 Å². The molecule has 2 aromatic carbocycles. The molecule has 44 heavy (non-hydrogen) atoms. The molecule has 0 spiro atoms. The van der Waals surface area contributed by atoms with E-state index in [0.29, 0.717) is 28.9 Å². The number of hydrogen-bond donors (Lipinski definition) is 1. The van der Waals surface area contributed by atoms with Crippen LogP contribution in [-0.4, -0.2) is 21.7 Å². The summed E-state index contributed by atoms with van der Waals surface area (Å²) in [5.74, 6) is 1.99. The maximum absolute atomic E-state index is 13.3. The molecule has 1 N–H and O–H groups in total. The number of allylic oxidation sites excluding steroid dienone is 4. The molecule has 0 fully saturated rings. The van der Waals surface area contributed by atoms with Crippen molar-refractivity contribution in [2.75, 3.05) is 5.32 Å². The molecule has 6 heteroatoms. The first-order chi connectivity index (χ1) is 21.1. The maximum Gasteiger partial charge on any atom is 0.256 e. The van der Waals surface area contributed by atoms with Crippen molar-refractivity contribution in [1.29, 1.82) is 0 Å². The predicted molar refractivity (Wildman–Crippen MR) is 182 cm³/mol. The molecule has 0 bridgehead atoms. The lowest BCUT2D eigenvalue weighted by Gasteiger charge is -2.13. The molecule has 0 aliphatic rings. The van der Waals surface area contributed by atoms with Gasteiger partial charge >= 0.3 is 0 Å². The summed E-state index contributed by atoms with van der Waals surface area (Å²) in [6.07, 6.45) is 8.94. The lowest BCUT2D eigenvalue weighted by Crippen LogP contribution is -2.13. The van der Waals surface area contributed by atoms with Crippen LogP contribution in [0.2, 0.25) is 0 Å². The zero-order valence-corrected chi connectivity index (χ0v) is 27.4. The number of nitrogens with one attached hydrogen (secondary N) is 1. The molecule has 230 valence electrons. The van der Waals surface area contributed by atoms with Crippen molar-refractivity contribution in [2.45, 2.75) is 81.1 Å². The fourth-order valence-electron chi connectivity index (χ4n) is 4.72. The molecule has 0 saturated heterocycles. The SMILES string of the molecule is C/C=C(/C)OC(CCC)=C(C)C.CCCC(=O)c1ccc(NC(=O)c2cc(-c3cccnc3)nc3c(C)cc(C)cc23)cc1. The second-order valence-electron chi connectivity index (χ2n) is 11.2. The number of benzene rings is 2. The highest BCUT2D eigenvalue weighted by Crippen LogP contribution is 2.28. The van der Waals surface area contributed by atoms with Crippen LogP contribution in [-0.2, 0) is 4.74 Å². The third-order valence-corrected chi connectivity index (χ3v) is 7.12. The van der Waals surface area contributed by atoms with Crippen LogP contribution in [0.25, 0.3) is 22.2 Å². The Morgan fingerprint density at radius 1 is 0.932 bits per heavy atom. The Morgan fingerprint density at radius 2 is 1.64 bits per heavy atom. The number of hydrogen-bond acceptors (Lipinski definition) is 5. The Kier molecular flexibility index (Phi) is 12.6. The number of amides is 1. The number of ether oxygens (including phenoxy) is 1. The molecule has 4 rings (SSSR count). The molecule has 0 aliphatic heterocycles. The standard InChI is InChI=1S/C27H25N3O2.C11H20O/c1-4-6-25(31)19-8-10-21(11-9-19)29-27(32)23-15-24(20-7-5-12-28-16-20)30-26-18(3)13-17(2)14-22(23)26;1-6-8-11(9(3)4)12-10(5)7-2/h5,7-16H,4,6H2,1-3H3,(H,29,32);7H,6,8H2,1-5H3/b;10-7-. The van der Waals surface area contributed by atoms with E-state index in [1.54, 1.807) is 36.7 Å². The van der Waals surface area contributed by atoms with Crippen LogP contribution in [0.5, 0.6) is 0 Å². The maximum atomic E-state index is 13.3. The number of anilines is 1. The third kappa shape index (κ3) is 9.21. The van der Waals surface area contributed by atoms with Crippen LogP contribution >= 0.6 is 0 Å². The van der Waals surface area contributed by atoms with Crippen LogP contribution in [0.4, 0.5) is 5.69 Å². The highest BCUT2D eigenvalue weighted by atomic mass is 16.5. The topological polar surface area (TPSA) is 81.2 Å². The van der Waals surface area contributed by atoms with Gasteiger partial charge in [-0.1, -0.05) is 25.5 Å². The number of fused-ring (bicyclic) bond motifs is 1. The van der Waals surface area contributed by atoms with Crippen molar-refractivity contribution in [3.8, 4) is 11.3 Å². The van der Waals surface area contributed by atoms with Crippen LogP contribution < -0.4 is 5.32 Å². The molecule has 0 aliphatic carbocycles. The summed E-state index contributed by atoms with van der Waals surface area (Å²) in [5, 5.41) is 3.78. The molecule has 0 unspecified atom stereocenters. The van der Waals surface area contributed by atoms with Crippen LogP contribution in [0.3, 0.4) is 0 Å². The van der Waals surface area contributed by atoms with Gasteiger partial charge in [0.25, 0.3) is 5.91 Å². The third-order valence-electron chi connectivity index (χ3n) is 7.12. The van der Waals surface area contributed by atoms with Crippen molar-refractivity contribution in [3.05, 3.63) is 112 Å². The van der Waals surface area contributed by atoms with Crippen molar-refractivity contribution in [2.24, 2.45) is 0 Å². The number of aromatic nitrogens is 2. The van der Waals surface area contributed by atoms with Crippen molar-refractivity contribution < 1.29 is 14.3 Å². The number of aryl methyl sites for hydroxylation is 2.